The van der Waals surface area contributed by atoms with Crippen molar-refractivity contribution in [2.24, 2.45) is 0 Å². The molecule has 1 aliphatic rings. The SMILES string of the molecule is O=C(NCCc1cccnc1)N(Cc1cccs1)CC1CCCO1. The number of pyridine rings is 1. The summed E-state index contributed by atoms with van der Waals surface area (Å²) in [5.74, 6) is 0. The van der Waals surface area contributed by atoms with Crippen LogP contribution in [0.5, 0.6) is 0 Å². The summed E-state index contributed by atoms with van der Waals surface area (Å²) in [6.07, 6.45) is 6.65. The molecule has 0 aromatic carbocycles. The molecule has 3 heterocycles. The van der Waals surface area contributed by atoms with Crippen molar-refractivity contribution in [3.8, 4) is 0 Å². The summed E-state index contributed by atoms with van der Waals surface area (Å²) in [6.45, 7) is 2.70. The Kier molecular flexibility index (Phi) is 6.20. The summed E-state index contributed by atoms with van der Waals surface area (Å²) in [4.78, 5) is 19.7. The third-order valence-corrected chi connectivity index (χ3v) is 4.94. The highest BCUT2D eigenvalue weighted by atomic mass is 32.1. The van der Waals surface area contributed by atoms with E-state index >= 15 is 0 Å². The summed E-state index contributed by atoms with van der Waals surface area (Å²) in [6, 6.07) is 8.00. The number of hydrogen-bond acceptors (Lipinski definition) is 4. The number of thiophene rings is 1. The fourth-order valence-corrected chi connectivity index (χ4v) is 3.54. The van der Waals surface area contributed by atoms with E-state index < -0.39 is 0 Å². The van der Waals surface area contributed by atoms with E-state index in [1.807, 2.05) is 34.7 Å². The molecule has 2 amide bonds. The van der Waals surface area contributed by atoms with Crippen LogP contribution in [0.1, 0.15) is 23.3 Å². The zero-order valence-electron chi connectivity index (χ0n) is 13.7. The molecule has 5 nitrogen and oxygen atoms in total. The Balaban J connectivity index is 1.53. The van der Waals surface area contributed by atoms with Gasteiger partial charge < -0.3 is 15.0 Å². The van der Waals surface area contributed by atoms with E-state index in [0.717, 1.165) is 31.4 Å². The van der Waals surface area contributed by atoms with Crippen LogP contribution < -0.4 is 5.32 Å². The van der Waals surface area contributed by atoms with Gasteiger partial charge in [0, 0.05) is 37.0 Å². The number of ether oxygens (including phenoxy) is 1. The van der Waals surface area contributed by atoms with Crippen molar-refractivity contribution in [3.05, 3.63) is 52.5 Å². The maximum Gasteiger partial charge on any atom is 0.317 e. The summed E-state index contributed by atoms with van der Waals surface area (Å²) < 4.78 is 5.70. The predicted molar refractivity (Wildman–Crippen MR) is 95.0 cm³/mol. The zero-order valence-corrected chi connectivity index (χ0v) is 14.5. The van der Waals surface area contributed by atoms with Gasteiger partial charge in [-0.05, 0) is 42.3 Å². The summed E-state index contributed by atoms with van der Waals surface area (Å²) in [5.41, 5.74) is 1.13. The van der Waals surface area contributed by atoms with Gasteiger partial charge in [0.15, 0.2) is 0 Å². The minimum atomic E-state index is -0.0252. The first-order valence-corrected chi connectivity index (χ1v) is 9.25. The number of carbonyl (C=O) groups excluding carboxylic acids is 1. The molecule has 1 aliphatic heterocycles. The van der Waals surface area contributed by atoms with Crippen molar-refractivity contribution in [1.29, 1.82) is 0 Å². The summed E-state index contributed by atoms with van der Waals surface area (Å²) in [7, 11) is 0. The maximum absolute atomic E-state index is 12.6. The lowest BCUT2D eigenvalue weighted by atomic mass is 10.2. The normalized spacial score (nSPS) is 16.9. The second-order valence-corrected chi connectivity index (χ2v) is 6.97. The van der Waals surface area contributed by atoms with Crippen molar-refractivity contribution in [1.82, 2.24) is 15.2 Å². The highest BCUT2D eigenvalue weighted by Crippen LogP contribution is 2.17. The van der Waals surface area contributed by atoms with Gasteiger partial charge in [-0.2, -0.15) is 0 Å². The van der Waals surface area contributed by atoms with E-state index in [0.29, 0.717) is 19.6 Å². The van der Waals surface area contributed by atoms with E-state index in [1.165, 1.54) is 4.88 Å². The number of nitrogens with one attached hydrogen (secondary N) is 1. The van der Waals surface area contributed by atoms with Crippen molar-refractivity contribution in [2.45, 2.75) is 31.9 Å². The lowest BCUT2D eigenvalue weighted by molar-refractivity contribution is 0.0798. The number of amides is 2. The number of aromatic nitrogens is 1. The van der Waals surface area contributed by atoms with Crippen LogP contribution in [0.25, 0.3) is 0 Å². The highest BCUT2D eigenvalue weighted by molar-refractivity contribution is 7.09. The second-order valence-electron chi connectivity index (χ2n) is 5.94. The number of urea groups is 1. The van der Waals surface area contributed by atoms with E-state index in [1.54, 1.807) is 17.5 Å². The van der Waals surface area contributed by atoms with Gasteiger partial charge in [-0.3, -0.25) is 4.98 Å². The second kappa shape index (κ2) is 8.80. The van der Waals surface area contributed by atoms with Gasteiger partial charge in [0.2, 0.25) is 0 Å². The molecule has 1 saturated heterocycles. The lowest BCUT2D eigenvalue weighted by Gasteiger charge is -2.25. The summed E-state index contributed by atoms with van der Waals surface area (Å²) >= 11 is 1.68. The highest BCUT2D eigenvalue weighted by Gasteiger charge is 2.22. The first-order chi connectivity index (χ1) is 11.8. The Morgan fingerprint density at radius 3 is 3.08 bits per heavy atom. The van der Waals surface area contributed by atoms with Crippen LogP contribution in [0.3, 0.4) is 0 Å². The maximum atomic E-state index is 12.6. The Morgan fingerprint density at radius 2 is 2.38 bits per heavy atom. The first kappa shape index (κ1) is 16.9. The van der Waals surface area contributed by atoms with E-state index in [2.05, 4.69) is 16.4 Å². The molecule has 2 aromatic rings. The molecule has 1 unspecified atom stereocenters. The first-order valence-electron chi connectivity index (χ1n) is 8.37. The van der Waals surface area contributed by atoms with Crippen molar-refractivity contribution in [2.75, 3.05) is 19.7 Å². The van der Waals surface area contributed by atoms with E-state index in [9.17, 15) is 4.79 Å². The number of rotatable bonds is 7. The molecule has 0 radical (unpaired) electrons. The van der Waals surface area contributed by atoms with Gasteiger partial charge in [0.25, 0.3) is 0 Å². The Hall–Kier alpha value is -1.92. The largest absolute Gasteiger partial charge is 0.376 e. The molecule has 0 bridgehead atoms. The molecule has 3 rings (SSSR count). The summed E-state index contributed by atoms with van der Waals surface area (Å²) in [5, 5.41) is 5.07. The van der Waals surface area contributed by atoms with Crippen LogP contribution >= 0.6 is 11.3 Å². The molecule has 0 spiro atoms. The Morgan fingerprint density at radius 1 is 1.42 bits per heavy atom. The third kappa shape index (κ3) is 5.04. The van der Waals surface area contributed by atoms with Gasteiger partial charge in [-0.25, -0.2) is 4.79 Å². The van der Waals surface area contributed by atoms with E-state index in [-0.39, 0.29) is 12.1 Å². The molecular weight excluding hydrogens is 322 g/mol. The van der Waals surface area contributed by atoms with Crippen LogP contribution in [0, 0.1) is 0 Å². The fraction of sp³-hybridized carbons (Fsp3) is 0.444. The van der Waals surface area contributed by atoms with Crippen molar-refractivity contribution < 1.29 is 9.53 Å². The van der Waals surface area contributed by atoms with Crippen LogP contribution in [0.15, 0.2) is 42.0 Å². The average Bonchev–Trinajstić information content (AvgIpc) is 3.29. The molecule has 1 fully saturated rings. The molecular formula is C18H23N3O2S. The van der Waals surface area contributed by atoms with Gasteiger partial charge >= 0.3 is 6.03 Å². The van der Waals surface area contributed by atoms with Crippen molar-refractivity contribution in [3.63, 3.8) is 0 Å². The smallest absolute Gasteiger partial charge is 0.317 e. The molecule has 24 heavy (non-hydrogen) atoms. The molecule has 2 aromatic heterocycles. The fourth-order valence-electron chi connectivity index (χ4n) is 2.82. The monoisotopic (exact) mass is 345 g/mol. The number of hydrogen-bond donors (Lipinski definition) is 1. The molecule has 128 valence electrons. The van der Waals surface area contributed by atoms with Crippen LogP contribution in [-0.2, 0) is 17.7 Å². The minimum absolute atomic E-state index is 0.0252. The molecule has 1 N–H and O–H groups in total. The van der Waals surface area contributed by atoms with E-state index in [4.69, 9.17) is 4.74 Å². The zero-order chi connectivity index (χ0) is 16.6. The van der Waals surface area contributed by atoms with Crippen molar-refractivity contribution >= 4 is 17.4 Å². The molecule has 0 aliphatic carbocycles. The standard InChI is InChI=1S/C18H23N3O2S/c22-18(20-9-7-15-4-1-8-19-12-15)21(13-16-5-2-10-23-16)14-17-6-3-11-24-17/h1,3-4,6,8,11-12,16H,2,5,7,9-10,13-14H2,(H,20,22). The van der Waals surface area contributed by atoms with Gasteiger partial charge in [0.1, 0.15) is 0 Å². The minimum Gasteiger partial charge on any atom is -0.376 e. The van der Waals surface area contributed by atoms with Crippen LogP contribution in [0.2, 0.25) is 0 Å². The predicted octanol–water partition coefficient (Wildman–Crippen LogP) is 3.08. The Labute approximate surface area is 146 Å². The topological polar surface area (TPSA) is 54.5 Å². The van der Waals surface area contributed by atoms with Crippen LogP contribution in [-0.4, -0.2) is 41.7 Å². The Bertz CT molecular complexity index is 612. The average molecular weight is 345 g/mol. The quantitative estimate of drug-likeness (QED) is 0.839. The van der Waals surface area contributed by atoms with Gasteiger partial charge in [0.05, 0.1) is 12.6 Å². The van der Waals surface area contributed by atoms with Crippen LogP contribution in [0.4, 0.5) is 4.79 Å². The molecule has 6 heteroatoms. The van der Waals surface area contributed by atoms with Gasteiger partial charge in [-0.1, -0.05) is 12.1 Å². The van der Waals surface area contributed by atoms with Gasteiger partial charge in [-0.15, -0.1) is 11.3 Å². The molecule has 0 saturated carbocycles. The third-order valence-electron chi connectivity index (χ3n) is 4.07. The number of carbonyl (C=O) groups is 1. The molecule has 1 atom stereocenters. The lowest BCUT2D eigenvalue weighted by Crippen LogP contribution is -2.43. The number of nitrogens with zero attached hydrogens (tertiary/aromatic N) is 2.